The lowest BCUT2D eigenvalue weighted by Gasteiger charge is -2.08. The van der Waals surface area contributed by atoms with E-state index in [0.29, 0.717) is 13.0 Å². The van der Waals surface area contributed by atoms with Crippen LogP contribution < -0.4 is 5.32 Å². The van der Waals surface area contributed by atoms with Gasteiger partial charge in [-0.3, -0.25) is 4.79 Å². The third-order valence-electron chi connectivity index (χ3n) is 3.79. The van der Waals surface area contributed by atoms with Gasteiger partial charge in [0, 0.05) is 23.9 Å². The number of rotatable bonds is 5. The van der Waals surface area contributed by atoms with Crippen LogP contribution in [0.15, 0.2) is 23.6 Å². The molecule has 3 rings (SSSR count). The second-order valence-corrected chi connectivity index (χ2v) is 6.18. The van der Waals surface area contributed by atoms with E-state index < -0.39 is 5.97 Å². The van der Waals surface area contributed by atoms with E-state index in [1.54, 1.807) is 0 Å². The molecule has 1 aromatic carbocycles. The number of nitrogens with zero attached hydrogens (tertiary/aromatic N) is 1. The van der Waals surface area contributed by atoms with E-state index in [9.17, 15) is 9.59 Å². The van der Waals surface area contributed by atoms with E-state index in [1.807, 2.05) is 12.1 Å². The Morgan fingerprint density at radius 1 is 1.32 bits per heavy atom. The van der Waals surface area contributed by atoms with Crippen molar-refractivity contribution in [1.82, 2.24) is 10.3 Å². The predicted molar refractivity (Wildman–Crippen MR) is 83.6 cm³/mol. The first-order chi connectivity index (χ1) is 10.6. The van der Waals surface area contributed by atoms with Gasteiger partial charge < -0.3 is 10.4 Å². The molecule has 0 spiro atoms. The van der Waals surface area contributed by atoms with Crippen molar-refractivity contribution in [2.45, 2.75) is 25.7 Å². The average molecular weight is 316 g/mol. The fourth-order valence-corrected chi connectivity index (χ4v) is 3.51. The van der Waals surface area contributed by atoms with Crippen molar-refractivity contribution in [3.05, 3.63) is 51.0 Å². The molecule has 0 radical (unpaired) electrons. The molecule has 5 nitrogen and oxygen atoms in total. The minimum absolute atomic E-state index is 0.0613. The van der Waals surface area contributed by atoms with E-state index in [4.69, 9.17) is 5.11 Å². The summed E-state index contributed by atoms with van der Waals surface area (Å²) in [4.78, 5) is 27.1. The highest BCUT2D eigenvalue weighted by Crippen LogP contribution is 2.25. The number of carbonyl (C=O) groups excluding carboxylic acids is 1. The fraction of sp³-hybridized carbons (Fsp3) is 0.312. The Balaban J connectivity index is 1.59. The van der Waals surface area contributed by atoms with E-state index in [1.165, 1.54) is 27.8 Å². The molecule has 0 saturated carbocycles. The number of nitrogens with one attached hydrogen (secondary N) is 1. The van der Waals surface area contributed by atoms with Crippen LogP contribution in [0.4, 0.5) is 0 Å². The van der Waals surface area contributed by atoms with Gasteiger partial charge >= 0.3 is 5.97 Å². The molecule has 2 aromatic rings. The Kier molecular flexibility index (Phi) is 4.20. The highest BCUT2D eigenvalue weighted by molar-refractivity contribution is 7.09. The maximum Gasteiger partial charge on any atom is 0.355 e. The predicted octanol–water partition coefficient (Wildman–Crippen LogP) is 2.30. The molecule has 1 aliphatic rings. The number of hydrogen-bond donors (Lipinski definition) is 2. The van der Waals surface area contributed by atoms with Gasteiger partial charge in [0.1, 0.15) is 0 Å². The zero-order chi connectivity index (χ0) is 15.5. The number of benzene rings is 1. The molecule has 0 atom stereocenters. The highest BCUT2D eigenvalue weighted by atomic mass is 32.1. The van der Waals surface area contributed by atoms with Gasteiger partial charge in [-0.15, -0.1) is 11.3 Å². The van der Waals surface area contributed by atoms with Gasteiger partial charge in [-0.25, -0.2) is 9.78 Å². The molecule has 22 heavy (non-hydrogen) atoms. The topological polar surface area (TPSA) is 79.3 Å². The van der Waals surface area contributed by atoms with Gasteiger partial charge in [0.25, 0.3) is 5.91 Å². The number of fused-ring (bicyclic) bond motifs is 1. The quantitative estimate of drug-likeness (QED) is 0.887. The molecule has 1 amide bonds. The second kappa shape index (κ2) is 6.27. The number of aromatic nitrogens is 1. The van der Waals surface area contributed by atoms with Crippen LogP contribution in [0.2, 0.25) is 0 Å². The molecule has 114 valence electrons. The molecule has 0 bridgehead atoms. The van der Waals surface area contributed by atoms with Gasteiger partial charge in [-0.2, -0.15) is 0 Å². The van der Waals surface area contributed by atoms with Gasteiger partial charge in [-0.1, -0.05) is 12.1 Å². The average Bonchev–Trinajstić information content (AvgIpc) is 3.15. The molecule has 0 unspecified atom stereocenters. The Bertz CT molecular complexity index is 724. The van der Waals surface area contributed by atoms with Crippen LogP contribution in [0.3, 0.4) is 0 Å². The van der Waals surface area contributed by atoms with Crippen molar-refractivity contribution in [3.63, 3.8) is 0 Å². The number of carboxylic acid groups (broad SMARTS) is 1. The summed E-state index contributed by atoms with van der Waals surface area (Å²) in [5, 5.41) is 14.0. The van der Waals surface area contributed by atoms with Gasteiger partial charge in [0.15, 0.2) is 5.69 Å². The van der Waals surface area contributed by atoms with E-state index in [0.717, 1.165) is 29.8 Å². The molecular weight excluding hydrogens is 300 g/mol. The fourth-order valence-electron chi connectivity index (χ4n) is 2.73. The summed E-state index contributed by atoms with van der Waals surface area (Å²) in [7, 11) is 0. The Labute approximate surface area is 132 Å². The minimum atomic E-state index is -1.02. The van der Waals surface area contributed by atoms with Gasteiger partial charge in [0.05, 0.1) is 5.01 Å². The van der Waals surface area contributed by atoms with Crippen LogP contribution in [-0.2, 0) is 19.3 Å². The zero-order valence-corrected chi connectivity index (χ0v) is 12.8. The molecule has 0 saturated heterocycles. The number of aromatic carboxylic acids is 1. The molecule has 1 aliphatic carbocycles. The number of thiazole rings is 1. The smallest absolute Gasteiger partial charge is 0.355 e. The van der Waals surface area contributed by atoms with E-state index in [2.05, 4.69) is 16.4 Å². The normalized spacial score (nSPS) is 12.9. The van der Waals surface area contributed by atoms with Crippen LogP contribution in [0.1, 0.15) is 43.4 Å². The first-order valence-corrected chi connectivity index (χ1v) is 8.10. The molecule has 1 aromatic heterocycles. The maximum absolute atomic E-state index is 12.3. The molecule has 0 fully saturated rings. The summed E-state index contributed by atoms with van der Waals surface area (Å²) < 4.78 is 0. The number of amides is 1. The van der Waals surface area contributed by atoms with Crippen molar-refractivity contribution in [1.29, 1.82) is 0 Å². The Morgan fingerprint density at radius 3 is 2.95 bits per heavy atom. The largest absolute Gasteiger partial charge is 0.476 e. The first kappa shape index (κ1) is 14.7. The second-order valence-electron chi connectivity index (χ2n) is 5.23. The van der Waals surface area contributed by atoms with Crippen LogP contribution in [0.25, 0.3) is 0 Å². The SMILES string of the molecule is O=C(O)c1csc(CCNC(=O)c2cccc3c2CCC3)n1. The Hall–Kier alpha value is -2.21. The van der Waals surface area contributed by atoms with Crippen LogP contribution in [0, 0.1) is 0 Å². The summed E-state index contributed by atoms with van der Waals surface area (Å²) in [6.45, 7) is 0.453. The third kappa shape index (κ3) is 3.01. The van der Waals surface area contributed by atoms with Crippen molar-refractivity contribution in [2.75, 3.05) is 6.54 Å². The number of carboxylic acids is 1. The van der Waals surface area contributed by atoms with Gasteiger partial charge in [-0.05, 0) is 36.5 Å². The van der Waals surface area contributed by atoms with Crippen LogP contribution >= 0.6 is 11.3 Å². The van der Waals surface area contributed by atoms with Crippen molar-refractivity contribution in [3.8, 4) is 0 Å². The minimum Gasteiger partial charge on any atom is -0.476 e. The number of hydrogen-bond acceptors (Lipinski definition) is 4. The van der Waals surface area contributed by atoms with Crippen LogP contribution in [0.5, 0.6) is 0 Å². The monoisotopic (exact) mass is 316 g/mol. The third-order valence-corrected chi connectivity index (χ3v) is 4.69. The summed E-state index contributed by atoms with van der Waals surface area (Å²) in [6, 6.07) is 5.88. The summed E-state index contributed by atoms with van der Waals surface area (Å²) >= 11 is 1.30. The summed E-state index contributed by atoms with van der Waals surface area (Å²) in [6.07, 6.45) is 3.66. The van der Waals surface area contributed by atoms with Crippen molar-refractivity contribution >= 4 is 23.2 Å². The van der Waals surface area contributed by atoms with Crippen LogP contribution in [-0.4, -0.2) is 28.5 Å². The summed E-state index contributed by atoms with van der Waals surface area (Å²) in [5.41, 5.74) is 3.27. The molecule has 2 N–H and O–H groups in total. The maximum atomic E-state index is 12.3. The molecule has 1 heterocycles. The standard InChI is InChI=1S/C16H16N2O3S/c19-15(12-6-2-4-10-3-1-5-11(10)12)17-8-7-14-18-13(9-22-14)16(20)21/h2,4,6,9H,1,3,5,7-8H2,(H,17,19)(H,20,21). The van der Waals surface area contributed by atoms with E-state index in [-0.39, 0.29) is 11.6 Å². The lowest BCUT2D eigenvalue weighted by atomic mass is 10.0. The van der Waals surface area contributed by atoms with Crippen molar-refractivity contribution < 1.29 is 14.7 Å². The Morgan fingerprint density at radius 2 is 2.18 bits per heavy atom. The lowest BCUT2D eigenvalue weighted by molar-refractivity contribution is 0.0690. The molecule has 6 heteroatoms. The van der Waals surface area contributed by atoms with E-state index >= 15 is 0 Å². The molecule has 0 aliphatic heterocycles. The van der Waals surface area contributed by atoms with Crippen molar-refractivity contribution in [2.24, 2.45) is 0 Å². The van der Waals surface area contributed by atoms with Gasteiger partial charge in [0.2, 0.25) is 0 Å². The summed E-state index contributed by atoms with van der Waals surface area (Å²) in [5.74, 6) is -1.08. The highest BCUT2D eigenvalue weighted by Gasteiger charge is 2.18. The molecular formula is C16H16N2O3S. The number of aryl methyl sites for hydroxylation is 1. The lowest BCUT2D eigenvalue weighted by Crippen LogP contribution is -2.26. The first-order valence-electron chi connectivity index (χ1n) is 7.22. The zero-order valence-electron chi connectivity index (χ0n) is 12.0. The number of carbonyl (C=O) groups is 2.